The lowest BCUT2D eigenvalue weighted by atomic mass is 9.97. The quantitative estimate of drug-likeness (QED) is 0.304. The Balaban J connectivity index is 1.53. The van der Waals surface area contributed by atoms with E-state index in [0.717, 1.165) is 16.5 Å². The van der Waals surface area contributed by atoms with E-state index >= 15 is 0 Å². The molecule has 7 nitrogen and oxygen atoms in total. The SMILES string of the molecule is Bc1ccc(S(=O)(=O)NCCNc2cc(-c3ccccc3Cl)nc3c(B)cnn23)cc1. The lowest BCUT2D eigenvalue weighted by Gasteiger charge is -2.12. The molecule has 0 aliphatic heterocycles. The van der Waals surface area contributed by atoms with Gasteiger partial charge in [-0.2, -0.15) is 9.61 Å². The van der Waals surface area contributed by atoms with Crippen LogP contribution in [-0.2, 0) is 10.0 Å². The second-order valence-corrected chi connectivity index (χ2v) is 9.38. The largest absolute Gasteiger partial charge is 0.369 e. The molecular weight excluding hydrogens is 431 g/mol. The molecule has 0 aliphatic carbocycles. The first-order chi connectivity index (χ1) is 14.8. The van der Waals surface area contributed by atoms with E-state index < -0.39 is 10.0 Å². The first kappa shape index (κ1) is 21.4. The van der Waals surface area contributed by atoms with Crippen molar-refractivity contribution in [1.29, 1.82) is 0 Å². The topological polar surface area (TPSA) is 88.4 Å². The molecule has 0 saturated carbocycles. The van der Waals surface area contributed by atoms with Crippen LogP contribution in [-0.4, -0.2) is 51.8 Å². The van der Waals surface area contributed by atoms with Gasteiger partial charge in [0.1, 0.15) is 21.5 Å². The molecule has 2 aromatic carbocycles. The molecule has 0 fully saturated rings. The number of halogens is 1. The smallest absolute Gasteiger partial charge is 0.240 e. The number of benzene rings is 2. The van der Waals surface area contributed by atoms with Crippen LogP contribution in [0.2, 0.25) is 5.02 Å². The Morgan fingerprint density at radius 1 is 1.03 bits per heavy atom. The van der Waals surface area contributed by atoms with Crippen molar-refractivity contribution in [2.75, 3.05) is 18.4 Å². The second-order valence-electron chi connectivity index (χ2n) is 7.21. The van der Waals surface area contributed by atoms with Crippen molar-refractivity contribution in [2.45, 2.75) is 4.90 Å². The van der Waals surface area contributed by atoms with E-state index in [4.69, 9.17) is 16.6 Å². The zero-order valence-corrected chi connectivity index (χ0v) is 18.7. The Kier molecular flexibility index (Phi) is 6.04. The molecule has 4 aromatic rings. The summed E-state index contributed by atoms with van der Waals surface area (Å²) < 4.78 is 29.2. The van der Waals surface area contributed by atoms with Crippen LogP contribution in [0.1, 0.15) is 0 Å². The van der Waals surface area contributed by atoms with Gasteiger partial charge in [-0.25, -0.2) is 18.1 Å². The van der Waals surface area contributed by atoms with Gasteiger partial charge >= 0.3 is 0 Å². The number of nitrogens with zero attached hydrogens (tertiary/aromatic N) is 3. The lowest BCUT2D eigenvalue weighted by molar-refractivity contribution is 0.583. The van der Waals surface area contributed by atoms with Crippen molar-refractivity contribution in [2.24, 2.45) is 0 Å². The van der Waals surface area contributed by atoms with Crippen LogP contribution in [0.4, 0.5) is 5.82 Å². The highest BCUT2D eigenvalue weighted by Gasteiger charge is 2.14. The molecule has 11 heteroatoms. The van der Waals surface area contributed by atoms with E-state index in [1.165, 1.54) is 0 Å². The van der Waals surface area contributed by atoms with Gasteiger partial charge in [-0.05, 0) is 23.7 Å². The third-order valence-electron chi connectivity index (χ3n) is 4.85. The summed E-state index contributed by atoms with van der Waals surface area (Å²) >= 11 is 6.36. The molecule has 0 bridgehead atoms. The number of hydrogen-bond acceptors (Lipinski definition) is 5. The predicted molar refractivity (Wildman–Crippen MR) is 130 cm³/mol. The Morgan fingerprint density at radius 3 is 2.52 bits per heavy atom. The van der Waals surface area contributed by atoms with Crippen LogP contribution in [0.3, 0.4) is 0 Å². The highest BCUT2D eigenvalue weighted by molar-refractivity contribution is 7.89. The van der Waals surface area contributed by atoms with Gasteiger partial charge in [-0.1, -0.05) is 47.4 Å². The number of fused-ring (bicyclic) bond motifs is 1. The van der Waals surface area contributed by atoms with Gasteiger partial charge in [-0.15, -0.1) is 0 Å². The van der Waals surface area contributed by atoms with E-state index in [1.807, 2.05) is 46.0 Å². The van der Waals surface area contributed by atoms with Crippen molar-refractivity contribution in [3.63, 3.8) is 0 Å². The summed E-state index contributed by atoms with van der Waals surface area (Å²) in [6.07, 6.45) is 1.74. The fourth-order valence-corrected chi connectivity index (χ4v) is 4.45. The van der Waals surface area contributed by atoms with Crippen molar-refractivity contribution in [3.05, 3.63) is 65.8 Å². The van der Waals surface area contributed by atoms with E-state index in [2.05, 4.69) is 15.1 Å². The third-order valence-corrected chi connectivity index (χ3v) is 6.66. The first-order valence-electron chi connectivity index (χ1n) is 9.76. The number of sulfonamides is 1. The van der Waals surface area contributed by atoms with Crippen LogP contribution >= 0.6 is 11.6 Å². The summed E-state index contributed by atoms with van der Waals surface area (Å²) in [7, 11) is 0.281. The highest BCUT2D eigenvalue weighted by atomic mass is 35.5. The summed E-state index contributed by atoms with van der Waals surface area (Å²) in [5.41, 5.74) is 4.17. The lowest BCUT2D eigenvalue weighted by Crippen LogP contribution is -2.29. The van der Waals surface area contributed by atoms with Crippen LogP contribution in [0, 0.1) is 0 Å². The Hall–Kier alpha value is -2.81. The Labute approximate surface area is 187 Å². The maximum atomic E-state index is 12.5. The average Bonchev–Trinajstić information content (AvgIpc) is 3.13. The normalized spacial score (nSPS) is 11.6. The molecule has 2 heterocycles. The van der Waals surface area contributed by atoms with Crippen LogP contribution < -0.4 is 21.0 Å². The fraction of sp³-hybridized carbons (Fsp3) is 0.100. The molecule has 156 valence electrons. The monoisotopic (exact) mass is 451 g/mol. The molecular formula is C20H20B2ClN5O2S. The third kappa shape index (κ3) is 4.61. The minimum Gasteiger partial charge on any atom is -0.369 e. The predicted octanol–water partition coefficient (Wildman–Crippen LogP) is -0.0431. The maximum absolute atomic E-state index is 12.5. The number of anilines is 1. The maximum Gasteiger partial charge on any atom is 0.240 e. The van der Waals surface area contributed by atoms with Gasteiger partial charge < -0.3 is 5.32 Å². The van der Waals surface area contributed by atoms with Gasteiger partial charge in [-0.3, -0.25) is 0 Å². The summed E-state index contributed by atoms with van der Waals surface area (Å²) in [4.78, 5) is 4.95. The van der Waals surface area contributed by atoms with Gasteiger partial charge in [0, 0.05) is 35.9 Å². The van der Waals surface area contributed by atoms with Crippen molar-refractivity contribution in [3.8, 4) is 11.3 Å². The minimum absolute atomic E-state index is 0.210. The van der Waals surface area contributed by atoms with E-state index in [1.54, 1.807) is 35.0 Å². The molecule has 0 atom stereocenters. The van der Waals surface area contributed by atoms with Gasteiger partial charge in [0.05, 0.1) is 10.6 Å². The summed E-state index contributed by atoms with van der Waals surface area (Å²) in [6.45, 7) is 0.576. The molecule has 0 aliphatic rings. The summed E-state index contributed by atoms with van der Waals surface area (Å²) in [5.74, 6) is 0.697. The first-order valence-corrected chi connectivity index (χ1v) is 11.6. The molecule has 2 N–H and O–H groups in total. The Morgan fingerprint density at radius 2 is 1.77 bits per heavy atom. The van der Waals surface area contributed by atoms with Gasteiger partial charge in [0.2, 0.25) is 10.0 Å². The Bertz CT molecular complexity index is 1340. The molecule has 31 heavy (non-hydrogen) atoms. The molecule has 0 radical (unpaired) electrons. The van der Waals surface area contributed by atoms with Crippen molar-refractivity contribution in [1.82, 2.24) is 19.3 Å². The second kappa shape index (κ2) is 8.74. The van der Waals surface area contributed by atoms with Crippen LogP contribution in [0.15, 0.2) is 65.7 Å². The molecule has 0 unspecified atom stereocenters. The van der Waals surface area contributed by atoms with Crippen LogP contribution in [0.25, 0.3) is 16.9 Å². The molecule has 2 aromatic heterocycles. The zero-order chi connectivity index (χ0) is 22.0. The highest BCUT2D eigenvalue weighted by Crippen LogP contribution is 2.28. The standard InChI is InChI=1S/C20H20B2ClN5O2S/c21-13-5-7-14(8-6-13)31(29,30)26-10-9-24-19-11-18(15-3-1-2-4-17(15)23)27-20-16(22)12-25-28(19)20/h1-8,11-12,24,26H,9-10,21-22H2. The number of hydrogen-bond donors (Lipinski definition) is 2. The van der Waals surface area contributed by atoms with E-state index in [9.17, 15) is 8.42 Å². The molecule has 0 spiro atoms. The number of rotatable bonds is 7. The zero-order valence-electron chi connectivity index (χ0n) is 17.1. The molecule has 0 amide bonds. The minimum atomic E-state index is -3.57. The van der Waals surface area contributed by atoms with E-state index in [0.29, 0.717) is 28.7 Å². The van der Waals surface area contributed by atoms with Gasteiger partial charge in [0.25, 0.3) is 0 Å². The van der Waals surface area contributed by atoms with Gasteiger partial charge in [0.15, 0.2) is 5.65 Å². The van der Waals surface area contributed by atoms with E-state index in [-0.39, 0.29) is 11.4 Å². The number of nitrogens with one attached hydrogen (secondary N) is 2. The van der Waals surface area contributed by atoms with Crippen molar-refractivity contribution >= 4 is 59.7 Å². The average molecular weight is 452 g/mol. The summed E-state index contributed by atoms with van der Waals surface area (Å²) in [6, 6.07) is 16.1. The number of aromatic nitrogens is 3. The molecule has 0 saturated heterocycles. The van der Waals surface area contributed by atoms with Crippen LogP contribution in [0.5, 0.6) is 0 Å². The van der Waals surface area contributed by atoms with Crippen molar-refractivity contribution < 1.29 is 8.42 Å². The fourth-order valence-electron chi connectivity index (χ4n) is 3.18. The summed E-state index contributed by atoms with van der Waals surface area (Å²) in [5, 5.41) is 8.24. The molecule has 4 rings (SSSR count).